The van der Waals surface area contributed by atoms with Crippen LogP contribution in [0.5, 0.6) is 0 Å². The molecular formula is C17H26N4O. The van der Waals surface area contributed by atoms with Crippen LogP contribution in [-0.4, -0.2) is 47.6 Å². The van der Waals surface area contributed by atoms with Gasteiger partial charge in [0.1, 0.15) is 0 Å². The van der Waals surface area contributed by atoms with E-state index in [4.69, 9.17) is 4.74 Å². The number of ether oxygens (including phenoxy) is 1. The van der Waals surface area contributed by atoms with Gasteiger partial charge in [-0.2, -0.15) is 5.10 Å². The van der Waals surface area contributed by atoms with E-state index in [0.29, 0.717) is 12.1 Å². The van der Waals surface area contributed by atoms with Crippen molar-refractivity contribution in [2.75, 3.05) is 24.6 Å². The fourth-order valence-corrected chi connectivity index (χ4v) is 4.21. The van der Waals surface area contributed by atoms with Gasteiger partial charge in [0.05, 0.1) is 5.60 Å². The molecule has 22 heavy (non-hydrogen) atoms. The Labute approximate surface area is 132 Å². The molecule has 0 radical (unpaired) electrons. The zero-order valence-corrected chi connectivity index (χ0v) is 13.2. The molecule has 1 N–H and O–H groups in total. The molecule has 3 heterocycles. The molecule has 2 atom stereocenters. The molecular weight excluding hydrogens is 276 g/mol. The molecule has 120 valence electrons. The fourth-order valence-electron chi connectivity index (χ4n) is 4.21. The molecule has 0 bridgehead atoms. The van der Waals surface area contributed by atoms with E-state index in [1.165, 1.54) is 38.5 Å². The van der Waals surface area contributed by atoms with Gasteiger partial charge in [-0.3, -0.25) is 0 Å². The number of nitrogens with zero attached hydrogens (tertiary/aromatic N) is 3. The van der Waals surface area contributed by atoms with Gasteiger partial charge in [0.25, 0.3) is 0 Å². The molecule has 3 fully saturated rings. The first-order valence-electron chi connectivity index (χ1n) is 8.76. The van der Waals surface area contributed by atoms with Gasteiger partial charge in [0.2, 0.25) is 0 Å². The molecule has 0 amide bonds. The summed E-state index contributed by atoms with van der Waals surface area (Å²) >= 11 is 0. The lowest BCUT2D eigenvalue weighted by molar-refractivity contribution is -0.136. The van der Waals surface area contributed by atoms with E-state index in [9.17, 15) is 0 Å². The number of hydrogen-bond donors (Lipinski definition) is 1. The van der Waals surface area contributed by atoms with Crippen LogP contribution in [0, 0.1) is 0 Å². The number of aromatic nitrogens is 2. The van der Waals surface area contributed by atoms with Gasteiger partial charge < -0.3 is 15.0 Å². The van der Waals surface area contributed by atoms with Crippen LogP contribution in [0.1, 0.15) is 44.9 Å². The summed E-state index contributed by atoms with van der Waals surface area (Å²) in [5, 5.41) is 12.2. The highest BCUT2D eigenvalue weighted by Crippen LogP contribution is 2.42. The Kier molecular flexibility index (Phi) is 4.01. The monoisotopic (exact) mass is 302 g/mol. The average Bonchev–Trinajstić information content (AvgIpc) is 2.55. The molecule has 3 aliphatic rings. The average molecular weight is 302 g/mol. The van der Waals surface area contributed by atoms with Crippen LogP contribution in [0.2, 0.25) is 0 Å². The van der Waals surface area contributed by atoms with Crippen molar-refractivity contribution in [1.82, 2.24) is 15.5 Å². The largest absolute Gasteiger partial charge is 0.375 e. The lowest BCUT2D eigenvalue weighted by Crippen LogP contribution is -2.55. The quantitative estimate of drug-likeness (QED) is 0.927. The van der Waals surface area contributed by atoms with Gasteiger partial charge >= 0.3 is 0 Å². The molecule has 1 spiro atoms. The Hall–Kier alpha value is -1.20. The maximum Gasteiger partial charge on any atom is 0.151 e. The SMILES string of the molecule is c1cnnc(N2CCC[C@@H](N[C@H]3CCOC4(CCC4)C3)C2)c1. The fraction of sp³-hybridized carbons (Fsp3) is 0.765. The smallest absolute Gasteiger partial charge is 0.151 e. The van der Waals surface area contributed by atoms with Crippen molar-refractivity contribution in [1.29, 1.82) is 0 Å². The summed E-state index contributed by atoms with van der Waals surface area (Å²) in [5.74, 6) is 1.01. The van der Waals surface area contributed by atoms with Crippen LogP contribution in [0.25, 0.3) is 0 Å². The Bertz CT molecular complexity index is 491. The molecule has 0 aromatic carbocycles. The van der Waals surface area contributed by atoms with E-state index in [0.717, 1.165) is 31.9 Å². The highest BCUT2D eigenvalue weighted by Gasteiger charge is 2.42. The highest BCUT2D eigenvalue weighted by molar-refractivity contribution is 5.37. The molecule has 1 aromatic heterocycles. The van der Waals surface area contributed by atoms with Gasteiger partial charge in [0, 0.05) is 38.0 Å². The molecule has 1 saturated carbocycles. The second-order valence-electron chi connectivity index (χ2n) is 7.11. The predicted molar refractivity (Wildman–Crippen MR) is 86.0 cm³/mol. The minimum atomic E-state index is 0.231. The Morgan fingerprint density at radius 1 is 1.23 bits per heavy atom. The molecule has 2 saturated heterocycles. The third-order valence-corrected chi connectivity index (χ3v) is 5.53. The number of anilines is 1. The van der Waals surface area contributed by atoms with Crippen molar-refractivity contribution < 1.29 is 4.74 Å². The second-order valence-corrected chi connectivity index (χ2v) is 7.11. The highest BCUT2D eigenvalue weighted by atomic mass is 16.5. The van der Waals surface area contributed by atoms with E-state index >= 15 is 0 Å². The maximum absolute atomic E-state index is 6.04. The predicted octanol–water partition coefficient (Wildman–Crippen LogP) is 2.14. The van der Waals surface area contributed by atoms with Crippen LogP contribution in [0.4, 0.5) is 5.82 Å². The minimum absolute atomic E-state index is 0.231. The molecule has 1 aliphatic carbocycles. The first kappa shape index (κ1) is 14.4. The molecule has 2 aliphatic heterocycles. The summed E-state index contributed by atoms with van der Waals surface area (Å²) in [6, 6.07) is 5.22. The van der Waals surface area contributed by atoms with E-state index in [-0.39, 0.29) is 5.60 Å². The lowest BCUT2D eigenvalue weighted by Gasteiger charge is -2.48. The summed E-state index contributed by atoms with van der Waals surface area (Å²) in [4.78, 5) is 2.37. The third-order valence-electron chi connectivity index (χ3n) is 5.53. The number of hydrogen-bond acceptors (Lipinski definition) is 5. The summed E-state index contributed by atoms with van der Waals surface area (Å²) in [6.07, 6.45) is 10.5. The summed E-state index contributed by atoms with van der Waals surface area (Å²) in [7, 11) is 0. The first-order chi connectivity index (χ1) is 10.8. The van der Waals surface area contributed by atoms with Gasteiger partial charge in [0.15, 0.2) is 5.82 Å². The second kappa shape index (κ2) is 6.13. The van der Waals surface area contributed by atoms with Crippen molar-refractivity contribution in [3.05, 3.63) is 18.3 Å². The van der Waals surface area contributed by atoms with Gasteiger partial charge in [-0.1, -0.05) is 0 Å². The molecule has 5 nitrogen and oxygen atoms in total. The van der Waals surface area contributed by atoms with E-state index in [1.807, 2.05) is 6.07 Å². The first-order valence-corrected chi connectivity index (χ1v) is 8.76. The van der Waals surface area contributed by atoms with Crippen molar-refractivity contribution in [2.45, 2.75) is 62.6 Å². The summed E-state index contributed by atoms with van der Waals surface area (Å²) < 4.78 is 6.04. The number of rotatable bonds is 3. The van der Waals surface area contributed by atoms with Crippen molar-refractivity contribution in [3.8, 4) is 0 Å². The molecule has 4 rings (SSSR count). The van der Waals surface area contributed by atoms with Crippen molar-refractivity contribution >= 4 is 5.82 Å². The van der Waals surface area contributed by atoms with Gasteiger partial charge in [-0.05, 0) is 57.1 Å². The summed E-state index contributed by atoms with van der Waals surface area (Å²) in [5.41, 5.74) is 0.231. The zero-order valence-electron chi connectivity index (χ0n) is 13.2. The van der Waals surface area contributed by atoms with Crippen LogP contribution < -0.4 is 10.2 Å². The number of nitrogens with one attached hydrogen (secondary N) is 1. The van der Waals surface area contributed by atoms with E-state index < -0.39 is 0 Å². The number of piperidine rings is 1. The summed E-state index contributed by atoms with van der Waals surface area (Å²) in [6.45, 7) is 3.07. The third kappa shape index (κ3) is 2.97. The molecule has 5 heteroatoms. The lowest BCUT2D eigenvalue weighted by atomic mass is 9.74. The Morgan fingerprint density at radius 2 is 2.18 bits per heavy atom. The Morgan fingerprint density at radius 3 is 2.95 bits per heavy atom. The van der Waals surface area contributed by atoms with Crippen LogP contribution in [0.15, 0.2) is 18.3 Å². The normalized spacial score (nSPS) is 31.0. The van der Waals surface area contributed by atoms with Gasteiger partial charge in [-0.25, -0.2) is 0 Å². The molecule has 0 unspecified atom stereocenters. The van der Waals surface area contributed by atoms with E-state index in [1.54, 1.807) is 6.20 Å². The zero-order chi connectivity index (χ0) is 14.8. The van der Waals surface area contributed by atoms with E-state index in [2.05, 4.69) is 26.5 Å². The minimum Gasteiger partial charge on any atom is -0.375 e. The molecule has 1 aromatic rings. The van der Waals surface area contributed by atoms with Gasteiger partial charge in [-0.15, -0.1) is 5.10 Å². The van der Waals surface area contributed by atoms with Crippen LogP contribution in [0.3, 0.4) is 0 Å². The van der Waals surface area contributed by atoms with Crippen molar-refractivity contribution in [3.63, 3.8) is 0 Å². The van der Waals surface area contributed by atoms with Crippen LogP contribution >= 0.6 is 0 Å². The van der Waals surface area contributed by atoms with Crippen molar-refractivity contribution in [2.24, 2.45) is 0 Å². The maximum atomic E-state index is 6.04. The van der Waals surface area contributed by atoms with Crippen LogP contribution in [-0.2, 0) is 4.74 Å². The standard InChI is InChI=1S/C17H26N4O/c1-5-16(20-18-9-1)21-10-2-4-15(13-21)19-14-6-11-22-17(12-14)7-3-8-17/h1,5,9,14-15,19H,2-4,6-8,10-13H2/t14-,15+/m0/s1. The Balaban J connectivity index is 1.34. The topological polar surface area (TPSA) is 50.3 Å².